The van der Waals surface area contributed by atoms with Crippen LogP contribution in [0.15, 0.2) is 11.6 Å². The first-order valence-corrected chi connectivity index (χ1v) is 14.7. The van der Waals surface area contributed by atoms with Gasteiger partial charge in [-0.25, -0.2) is 4.79 Å². The van der Waals surface area contributed by atoms with Gasteiger partial charge in [-0.2, -0.15) is 0 Å². The number of hydrogen-bond donors (Lipinski definition) is 2. The largest absolute Gasteiger partial charge is 0.458 e. The van der Waals surface area contributed by atoms with Crippen LogP contribution in [0.3, 0.4) is 0 Å². The van der Waals surface area contributed by atoms with Gasteiger partial charge in [0.1, 0.15) is 30.7 Å². The Hall–Kier alpha value is -1.32. The number of ketones is 1. The minimum atomic E-state index is -1.05. The van der Waals surface area contributed by atoms with Gasteiger partial charge in [0.15, 0.2) is 6.29 Å². The van der Waals surface area contributed by atoms with E-state index >= 15 is 0 Å². The molecular formula is C30H44O8. The molecule has 12 atom stereocenters. The molecule has 0 amide bonds. The number of cyclic esters (lactones) is 1. The molecule has 0 radical (unpaired) electrons. The highest BCUT2D eigenvalue weighted by atomic mass is 16.7. The van der Waals surface area contributed by atoms with Gasteiger partial charge in [-0.15, -0.1) is 0 Å². The van der Waals surface area contributed by atoms with Gasteiger partial charge < -0.3 is 29.2 Å². The summed E-state index contributed by atoms with van der Waals surface area (Å²) in [7, 11) is 1.48. The number of rotatable bonds is 4. The number of esters is 1. The molecule has 6 aliphatic rings. The number of carbonyl (C=O) groups excluding carboxylic acids is 2. The molecule has 0 aromatic heterocycles. The Balaban J connectivity index is 1.17. The molecule has 5 fully saturated rings. The Morgan fingerprint density at radius 2 is 1.76 bits per heavy atom. The summed E-state index contributed by atoms with van der Waals surface area (Å²) in [6.07, 6.45) is 6.07. The van der Waals surface area contributed by atoms with Gasteiger partial charge in [0.05, 0.1) is 12.2 Å². The molecule has 2 aliphatic heterocycles. The molecule has 2 heterocycles. The van der Waals surface area contributed by atoms with Crippen LogP contribution < -0.4 is 0 Å². The molecule has 0 aromatic rings. The highest BCUT2D eigenvalue weighted by Gasteiger charge is 2.67. The number of hydrogen-bond acceptors (Lipinski definition) is 8. The number of aliphatic hydroxyl groups excluding tert-OH is 2. The molecular weight excluding hydrogens is 488 g/mol. The minimum absolute atomic E-state index is 0.0335. The van der Waals surface area contributed by atoms with Crippen molar-refractivity contribution in [3.05, 3.63) is 11.6 Å². The molecule has 0 unspecified atom stereocenters. The monoisotopic (exact) mass is 532 g/mol. The number of aliphatic hydroxyl groups is 2. The van der Waals surface area contributed by atoms with E-state index in [2.05, 4.69) is 13.8 Å². The Bertz CT molecular complexity index is 1010. The lowest BCUT2D eigenvalue weighted by atomic mass is 9.37. The molecule has 38 heavy (non-hydrogen) atoms. The van der Waals surface area contributed by atoms with Crippen molar-refractivity contribution in [1.29, 1.82) is 0 Å². The van der Waals surface area contributed by atoms with Gasteiger partial charge in [0.2, 0.25) is 0 Å². The maximum absolute atomic E-state index is 14.4. The van der Waals surface area contributed by atoms with Crippen LogP contribution in [0.2, 0.25) is 0 Å². The van der Waals surface area contributed by atoms with E-state index in [0.717, 1.165) is 63.4 Å². The molecule has 212 valence electrons. The SMILES string of the molecule is CO[C@@H]1[C@H](O)[C@H](O[C@H]2CC[C@@]3(C)[C@H](CC[C@@]45CC[C@H](C6=CC(=O)OC6)[C@@](C)(CC[C@@H]43)C5=O)C2)O[C@@H](C)[C@@H]1O. The van der Waals surface area contributed by atoms with Crippen molar-refractivity contribution in [2.75, 3.05) is 13.7 Å². The topological polar surface area (TPSA) is 112 Å². The third kappa shape index (κ3) is 3.80. The van der Waals surface area contributed by atoms with E-state index in [1.807, 2.05) is 0 Å². The van der Waals surface area contributed by atoms with Gasteiger partial charge >= 0.3 is 5.97 Å². The van der Waals surface area contributed by atoms with Crippen LogP contribution in [0.4, 0.5) is 0 Å². The normalized spacial score (nSPS) is 52.6. The molecule has 4 saturated carbocycles. The molecule has 4 aliphatic carbocycles. The molecule has 8 heteroatoms. The Labute approximate surface area is 225 Å². The number of carbonyl (C=O) groups is 2. The van der Waals surface area contributed by atoms with Crippen molar-refractivity contribution >= 4 is 11.8 Å². The van der Waals surface area contributed by atoms with Crippen molar-refractivity contribution in [3.8, 4) is 0 Å². The standard InChI is InChI=1S/C30H44O8/c1-16-23(32)25(35-4)24(33)26(37-16)38-19-6-9-28(2)18(14-19)5-11-30-12-7-20(17-13-22(31)36-15-17)29(3,27(30)34)10-8-21(28)30/h13,16,18-21,23-26,32-33H,5-12,14-15H2,1-4H3/t16-,18+,19-,20+,21+,23-,24-,25-,26-,28-,29+,30+/m0/s1. The predicted octanol–water partition coefficient (Wildman–Crippen LogP) is 3.32. The number of ether oxygens (including phenoxy) is 4. The summed E-state index contributed by atoms with van der Waals surface area (Å²) in [5.41, 5.74) is 0.428. The molecule has 2 bridgehead atoms. The number of methoxy groups -OCH3 is 1. The Morgan fingerprint density at radius 3 is 2.47 bits per heavy atom. The maximum Gasteiger partial charge on any atom is 0.331 e. The third-order valence-electron chi connectivity index (χ3n) is 12.0. The van der Waals surface area contributed by atoms with Crippen molar-refractivity contribution < 1.29 is 38.7 Å². The Kier molecular flexibility index (Phi) is 6.63. The highest BCUT2D eigenvalue weighted by Crippen LogP contribution is 2.70. The molecule has 1 saturated heterocycles. The number of fused-ring (bicyclic) bond motifs is 3. The first-order chi connectivity index (χ1) is 18.0. The molecule has 1 spiro atoms. The zero-order valence-electron chi connectivity index (χ0n) is 23.2. The molecule has 6 rings (SSSR count). The second kappa shape index (κ2) is 9.37. The summed E-state index contributed by atoms with van der Waals surface area (Å²) in [4.78, 5) is 26.2. The van der Waals surface area contributed by atoms with E-state index in [1.54, 1.807) is 13.0 Å². The average molecular weight is 533 g/mol. The van der Waals surface area contributed by atoms with Gasteiger partial charge in [-0.1, -0.05) is 13.8 Å². The molecule has 0 aromatic carbocycles. The van der Waals surface area contributed by atoms with E-state index in [9.17, 15) is 19.8 Å². The van der Waals surface area contributed by atoms with Crippen molar-refractivity contribution in [2.45, 2.75) is 115 Å². The van der Waals surface area contributed by atoms with Crippen LogP contribution in [0.25, 0.3) is 0 Å². The minimum Gasteiger partial charge on any atom is -0.458 e. The zero-order valence-corrected chi connectivity index (χ0v) is 23.2. The van der Waals surface area contributed by atoms with E-state index in [4.69, 9.17) is 18.9 Å². The summed E-state index contributed by atoms with van der Waals surface area (Å²) in [5.74, 6) is 1.11. The quantitative estimate of drug-likeness (QED) is 0.419. The average Bonchev–Trinajstić information content (AvgIpc) is 3.30. The van der Waals surface area contributed by atoms with Crippen LogP contribution >= 0.6 is 0 Å². The number of Topliss-reactive ketones (excluding diaryl/α,β-unsaturated/α-hetero) is 1. The first kappa shape index (κ1) is 26.9. The summed E-state index contributed by atoms with van der Waals surface area (Å²) >= 11 is 0. The van der Waals surface area contributed by atoms with Crippen LogP contribution in [-0.2, 0) is 28.5 Å². The van der Waals surface area contributed by atoms with E-state index in [-0.39, 0.29) is 28.8 Å². The lowest BCUT2D eigenvalue weighted by Crippen LogP contribution is -2.64. The smallest absolute Gasteiger partial charge is 0.331 e. The van der Waals surface area contributed by atoms with E-state index < -0.39 is 36.1 Å². The zero-order chi connectivity index (χ0) is 27.0. The summed E-state index contributed by atoms with van der Waals surface area (Å²) in [6.45, 7) is 6.68. The fraction of sp³-hybridized carbons (Fsp3) is 0.867. The summed E-state index contributed by atoms with van der Waals surface area (Å²) < 4.78 is 22.8. The van der Waals surface area contributed by atoms with Gasteiger partial charge in [0, 0.05) is 24.0 Å². The molecule has 2 N–H and O–H groups in total. The van der Waals surface area contributed by atoms with Crippen LogP contribution in [0, 0.1) is 34.0 Å². The van der Waals surface area contributed by atoms with Crippen molar-refractivity contribution in [3.63, 3.8) is 0 Å². The second-order valence-electron chi connectivity index (χ2n) is 13.6. The third-order valence-corrected chi connectivity index (χ3v) is 12.0. The van der Waals surface area contributed by atoms with Gasteiger partial charge in [-0.3, -0.25) is 4.79 Å². The summed E-state index contributed by atoms with van der Waals surface area (Å²) in [5, 5.41) is 21.1. The maximum atomic E-state index is 14.4. The fourth-order valence-corrected chi connectivity index (χ4v) is 9.88. The van der Waals surface area contributed by atoms with Gasteiger partial charge in [-0.05, 0) is 93.5 Å². The van der Waals surface area contributed by atoms with Crippen molar-refractivity contribution in [1.82, 2.24) is 0 Å². The highest BCUT2D eigenvalue weighted by molar-refractivity contribution is 5.93. The fourth-order valence-electron chi connectivity index (χ4n) is 9.88. The lowest BCUT2D eigenvalue weighted by molar-refractivity contribution is -0.313. The summed E-state index contributed by atoms with van der Waals surface area (Å²) in [6, 6.07) is 0. The first-order valence-electron chi connectivity index (χ1n) is 14.7. The predicted molar refractivity (Wildman–Crippen MR) is 137 cm³/mol. The molecule has 8 nitrogen and oxygen atoms in total. The Morgan fingerprint density at radius 1 is 1.00 bits per heavy atom. The van der Waals surface area contributed by atoms with Crippen LogP contribution in [0.1, 0.15) is 78.6 Å². The van der Waals surface area contributed by atoms with Crippen LogP contribution in [0.5, 0.6) is 0 Å². The van der Waals surface area contributed by atoms with E-state index in [1.165, 1.54) is 7.11 Å². The van der Waals surface area contributed by atoms with Crippen molar-refractivity contribution in [2.24, 2.45) is 34.0 Å². The van der Waals surface area contributed by atoms with Crippen LogP contribution in [-0.4, -0.2) is 72.5 Å². The second-order valence-corrected chi connectivity index (χ2v) is 13.6. The van der Waals surface area contributed by atoms with E-state index in [0.29, 0.717) is 24.2 Å². The van der Waals surface area contributed by atoms with Gasteiger partial charge in [0.25, 0.3) is 0 Å². The lowest BCUT2D eigenvalue weighted by Gasteiger charge is -2.66.